The van der Waals surface area contributed by atoms with Gasteiger partial charge in [0.25, 0.3) is 0 Å². The Morgan fingerprint density at radius 1 is 1.11 bits per heavy atom. The van der Waals surface area contributed by atoms with Gasteiger partial charge in [0.2, 0.25) is 0 Å². The third-order valence-electron chi connectivity index (χ3n) is 2.61. The van der Waals surface area contributed by atoms with Crippen LogP contribution in [0.25, 0.3) is 0 Å². The van der Waals surface area contributed by atoms with Gasteiger partial charge in [-0.2, -0.15) is 0 Å². The van der Waals surface area contributed by atoms with Gasteiger partial charge in [-0.05, 0) is 32.0 Å². The summed E-state index contributed by atoms with van der Waals surface area (Å²) in [5, 5.41) is -0.653. The first kappa shape index (κ1) is 15.9. The Kier molecular flexibility index (Phi) is 4.57. The van der Waals surface area contributed by atoms with Gasteiger partial charge in [0.15, 0.2) is 19.7 Å². The highest BCUT2D eigenvalue weighted by Gasteiger charge is 2.23. The van der Waals surface area contributed by atoms with Gasteiger partial charge < -0.3 is 5.73 Å². The molecule has 0 aromatic heterocycles. The zero-order valence-corrected chi connectivity index (χ0v) is 12.3. The zero-order valence-electron chi connectivity index (χ0n) is 10.6. The summed E-state index contributed by atoms with van der Waals surface area (Å²) in [7, 11) is -7.33. The van der Waals surface area contributed by atoms with Crippen LogP contribution >= 0.6 is 0 Å². The molecule has 0 radical (unpaired) electrons. The topological polar surface area (TPSA) is 94.3 Å². The quantitative estimate of drug-likeness (QED) is 0.819. The summed E-state index contributed by atoms with van der Waals surface area (Å²) in [5.41, 5.74) is 5.34. The molecular weight excluding hydrogens is 293 g/mol. The lowest BCUT2D eigenvalue weighted by Crippen LogP contribution is -2.23. The summed E-state index contributed by atoms with van der Waals surface area (Å²) in [6, 6.07) is 2.93. The predicted octanol–water partition coefficient (Wildman–Crippen LogP) is 1.00. The van der Waals surface area contributed by atoms with E-state index in [0.717, 1.165) is 18.2 Å². The Hall–Kier alpha value is -1.15. The second-order valence-electron chi connectivity index (χ2n) is 4.45. The SMILES string of the molecule is CC(C)S(=O)(=O)CCS(=O)(=O)c1cc(N)cc(F)c1. The average Bonchev–Trinajstić information content (AvgIpc) is 2.25. The second-order valence-corrected chi connectivity index (χ2v) is 9.24. The van der Waals surface area contributed by atoms with Gasteiger partial charge in [-0.1, -0.05) is 0 Å². The molecule has 19 heavy (non-hydrogen) atoms. The number of nitrogens with two attached hydrogens (primary N) is 1. The molecule has 108 valence electrons. The van der Waals surface area contributed by atoms with E-state index in [4.69, 9.17) is 5.73 Å². The molecule has 1 aromatic rings. The molecule has 8 heteroatoms. The predicted molar refractivity (Wildman–Crippen MR) is 71.8 cm³/mol. The molecule has 1 rings (SSSR count). The van der Waals surface area contributed by atoms with Gasteiger partial charge in [-0.25, -0.2) is 21.2 Å². The van der Waals surface area contributed by atoms with Crippen LogP contribution in [0, 0.1) is 5.82 Å². The molecule has 0 aliphatic rings. The van der Waals surface area contributed by atoms with Gasteiger partial charge in [-0.15, -0.1) is 0 Å². The van der Waals surface area contributed by atoms with Crippen LogP contribution in [0.1, 0.15) is 13.8 Å². The van der Waals surface area contributed by atoms with Gasteiger partial charge in [-0.3, -0.25) is 0 Å². The molecule has 0 aliphatic carbocycles. The van der Waals surface area contributed by atoms with Crippen LogP contribution < -0.4 is 5.73 Å². The molecule has 0 aliphatic heterocycles. The first-order valence-electron chi connectivity index (χ1n) is 5.55. The summed E-state index contributed by atoms with van der Waals surface area (Å²) < 4.78 is 60.1. The number of halogens is 1. The molecule has 0 unspecified atom stereocenters. The van der Waals surface area contributed by atoms with Crippen LogP contribution in [-0.2, 0) is 19.7 Å². The van der Waals surface area contributed by atoms with E-state index < -0.39 is 42.2 Å². The van der Waals surface area contributed by atoms with Crippen molar-refractivity contribution in [2.24, 2.45) is 0 Å². The molecule has 0 heterocycles. The molecular formula is C11H16FNO4S2. The van der Waals surface area contributed by atoms with E-state index >= 15 is 0 Å². The maximum atomic E-state index is 13.1. The normalized spacial score (nSPS) is 12.8. The molecule has 0 spiro atoms. The molecule has 1 aromatic carbocycles. The first-order chi connectivity index (χ1) is 8.54. The van der Waals surface area contributed by atoms with Crippen molar-refractivity contribution >= 4 is 25.4 Å². The van der Waals surface area contributed by atoms with Crippen LogP contribution in [0.4, 0.5) is 10.1 Å². The lowest BCUT2D eigenvalue weighted by atomic mass is 10.3. The van der Waals surface area contributed by atoms with E-state index in [1.165, 1.54) is 13.8 Å². The number of rotatable bonds is 5. The molecule has 0 atom stereocenters. The Bertz CT molecular complexity index is 646. The molecule has 0 saturated carbocycles. The van der Waals surface area contributed by atoms with Gasteiger partial charge in [0.05, 0.1) is 21.7 Å². The highest BCUT2D eigenvalue weighted by molar-refractivity contribution is 7.95. The van der Waals surface area contributed by atoms with Crippen LogP contribution in [0.5, 0.6) is 0 Å². The summed E-state index contributed by atoms with van der Waals surface area (Å²) in [6.45, 7) is 2.95. The lowest BCUT2D eigenvalue weighted by molar-refractivity contribution is 0.581. The third-order valence-corrected chi connectivity index (χ3v) is 6.77. The summed E-state index contributed by atoms with van der Waals surface area (Å²) >= 11 is 0. The van der Waals surface area contributed by atoms with Crippen molar-refractivity contribution in [3.63, 3.8) is 0 Å². The summed E-state index contributed by atoms with van der Waals surface area (Å²) in [5.74, 6) is -1.86. The van der Waals surface area contributed by atoms with E-state index in [2.05, 4.69) is 0 Å². The fourth-order valence-electron chi connectivity index (χ4n) is 1.34. The van der Waals surface area contributed by atoms with Gasteiger partial charge in [0.1, 0.15) is 5.82 Å². The smallest absolute Gasteiger partial charge is 0.179 e. The summed E-state index contributed by atoms with van der Waals surface area (Å²) in [6.07, 6.45) is 0. The van der Waals surface area contributed by atoms with Crippen molar-refractivity contribution in [1.29, 1.82) is 0 Å². The van der Waals surface area contributed by atoms with Crippen LogP contribution in [0.3, 0.4) is 0 Å². The van der Waals surface area contributed by atoms with E-state index in [9.17, 15) is 21.2 Å². The Labute approximate surface area is 112 Å². The minimum atomic E-state index is -3.87. The van der Waals surface area contributed by atoms with Crippen molar-refractivity contribution < 1.29 is 21.2 Å². The Morgan fingerprint density at radius 3 is 2.16 bits per heavy atom. The maximum Gasteiger partial charge on any atom is 0.179 e. The van der Waals surface area contributed by atoms with Gasteiger partial charge in [0, 0.05) is 5.69 Å². The second kappa shape index (κ2) is 5.46. The van der Waals surface area contributed by atoms with Gasteiger partial charge >= 0.3 is 0 Å². The zero-order chi connectivity index (χ0) is 14.8. The molecule has 0 amide bonds. The Morgan fingerprint density at radius 2 is 1.68 bits per heavy atom. The molecule has 5 nitrogen and oxygen atoms in total. The van der Waals surface area contributed by atoms with E-state index in [1.54, 1.807) is 0 Å². The van der Waals surface area contributed by atoms with Crippen LogP contribution in [0.2, 0.25) is 0 Å². The van der Waals surface area contributed by atoms with Crippen LogP contribution in [0.15, 0.2) is 23.1 Å². The first-order valence-corrected chi connectivity index (χ1v) is 8.92. The fraction of sp³-hybridized carbons (Fsp3) is 0.455. The lowest BCUT2D eigenvalue weighted by Gasteiger charge is -2.09. The standard InChI is InChI=1S/C11H16FNO4S2/c1-8(2)18(14,15)3-4-19(16,17)11-6-9(12)5-10(13)7-11/h5-8H,3-4,13H2,1-2H3. The number of nitrogen functional groups attached to an aromatic ring is 1. The minimum absolute atomic E-state index is 0.0229. The number of hydrogen-bond donors (Lipinski definition) is 1. The number of benzene rings is 1. The number of sulfone groups is 2. The molecule has 0 fully saturated rings. The fourth-order valence-corrected chi connectivity index (χ4v) is 4.47. The van der Waals surface area contributed by atoms with Crippen molar-refractivity contribution in [2.75, 3.05) is 17.2 Å². The highest BCUT2D eigenvalue weighted by atomic mass is 32.2. The molecule has 2 N–H and O–H groups in total. The maximum absolute atomic E-state index is 13.1. The van der Waals surface area contributed by atoms with Crippen molar-refractivity contribution in [2.45, 2.75) is 24.0 Å². The van der Waals surface area contributed by atoms with Crippen molar-refractivity contribution in [3.8, 4) is 0 Å². The third kappa shape index (κ3) is 4.17. The average molecular weight is 309 g/mol. The molecule has 0 saturated heterocycles. The van der Waals surface area contributed by atoms with Crippen molar-refractivity contribution in [3.05, 3.63) is 24.0 Å². The molecule has 0 bridgehead atoms. The largest absolute Gasteiger partial charge is 0.399 e. The van der Waals surface area contributed by atoms with E-state index in [-0.39, 0.29) is 10.6 Å². The van der Waals surface area contributed by atoms with Crippen LogP contribution in [-0.4, -0.2) is 33.6 Å². The van der Waals surface area contributed by atoms with Crippen molar-refractivity contribution in [1.82, 2.24) is 0 Å². The number of hydrogen-bond acceptors (Lipinski definition) is 5. The number of anilines is 1. The van der Waals surface area contributed by atoms with E-state index in [0.29, 0.717) is 0 Å². The van der Waals surface area contributed by atoms with E-state index in [1.807, 2.05) is 0 Å². The Balaban J connectivity index is 3.00. The monoisotopic (exact) mass is 309 g/mol. The summed E-state index contributed by atoms with van der Waals surface area (Å²) in [4.78, 5) is -0.302. The highest BCUT2D eigenvalue weighted by Crippen LogP contribution is 2.18. The minimum Gasteiger partial charge on any atom is -0.399 e.